The third-order valence-corrected chi connectivity index (χ3v) is 3.64. The van der Waals surface area contributed by atoms with Crippen molar-refractivity contribution in [3.8, 4) is 0 Å². The SMILES string of the molecule is CN=C(NCCn1cccc1)NCc1ccc(NC(=O)NC(C)C)cc1.I. The van der Waals surface area contributed by atoms with Gasteiger partial charge in [0.15, 0.2) is 5.96 Å². The molecular weight excluding hydrogens is 455 g/mol. The van der Waals surface area contributed by atoms with Crippen molar-refractivity contribution in [2.45, 2.75) is 33.0 Å². The normalized spacial score (nSPS) is 10.9. The number of urea groups is 1. The summed E-state index contributed by atoms with van der Waals surface area (Å²) in [5.41, 5.74) is 1.87. The van der Waals surface area contributed by atoms with Crippen molar-refractivity contribution < 1.29 is 4.79 Å². The molecule has 27 heavy (non-hydrogen) atoms. The minimum absolute atomic E-state index is 0. The lowest BCUT2D eigenvalue weighted by atomic mass is 10.2. The molecule has 2 aromatic rings. The van der Waals surface area contributed by atoms with Gasteiger partial charge in [-0.05, 0) is 43.7 Å². The van der Waals surface area contributed by atoms with Crippen LogP contribution in [0.1, 0.15) is 19.4 Å². The third kappa shape index (κ3) is 8.80. The Labute approximate surface area is 178 Å². The van der Waals surface area contributed by atoms with Crippen molar-refractivity contribution in [3.05, 3.63) is 54.4 Å². The average molecular weight is 484 g/mol. The first-order chi connectivity index (χ1) is 12.6. The summed E-state index contributed by atoms with van der Waals surface area (Å²) >= 11 is 0. The number of nitrogens with one attached hydrogen (secondary N) is 4. The van der Waals surface area contributed by atoms with Gasteiger partial charge in [0.1, 0.15) is 0 Å². The summed E-state index contributed by atoms with van der Waals surface area (Å²) in [6.45, 7) is 6.18. The number of amides is 2. The van der Waals surface area contributed by atoms with Gasteiger partial charge in [-0.15, -0.1) is 24.0 Å². The van der Waals surface area contributed by atoms with Gasteiger partial charge in [-0.1, -0.05) is 12.1 Å². The van der Waals surface area contributed by atoms with E-state index in [0.29, 0.717) is 6.54 Å². The van der Waals surface area contributed by atoms with Crippen molar-refractivity contribution in [2.75, 3.05) is 18.9 Å². The maximum atomic E-state index is 11.7. The smallest absolute Gasteiger partial charge is 0.319 e. The van der Waals surface area contributed by atoms with Crippen molar-refractivity contribution in [3.63, 3.8) is 0 Å². The first kappa shape index (κ1) is 22.8. The molecule has 148 valence electrons. The van der Waals surface area contributed by atoms with E-state index in [2.05, 4.69) is 30.8 Å². The van der Waals surface area contributed by atoms with Gasteiger partial charge in [-0.3, -0.25) is 4.99 Å². The highest BCUT2D eigenvalue weighted by molar-refractivity contribution is 14.0. The topological polar surface area (TPSA) is 82.5 Å². The summed E-state index contributed by atoms with van der Waals surface area (Å²) in [5, 5.41) is 12.2. The summed E-state index contributed by atoms with van der Waals surface area (Å²) in [6, 6.07) is 11.7. The Bertz CT molecular complexity index is 697. The number of hydrogen-bond acceptors (Lipinski definition) is 2. The van der Waals surface area contributed by atoms with Gasteiger partial charge in [0.05, 0.1) is 0 Å². The van der Waals surface area contributed by atoms with Crippen LogP contribution < -0.4 is 21.3 Å². The fraction of sp³-hybridized carbons (Fsp3) is 0.368. The fourth-order valence-electron chi connectivity index (χ4n) is 2.36. The van der Waals surface area contributed by atoms with Gasteiger partial charge in [0, 0.05) is 50.8 Å². The standard InChI is InChI=1S/C19H28N6O.HI/c1-15(2)23-19(26)24-17-8-6-16(7-9-17)14-22-18(20-3)21-10-13-25-11-4-5-12-25;/h4-9,11-12,15H,10,13-14H2,1-3H3,(H2,20,21,22)(H2,23,24,26);1H. The largest absolute Gasteiger partial charge is 0.355 e. The first-order valence-electron chi connectivity index (χ1n) is 8.78. The van der Waals surface area contributed by atoms with E-state index < -0.39 is 0 Å². The lowest BCUT2D eigenvalue weighted by Crippen LogP contribution is -2.38. The van der Waals surface area contributed by atoms with E-state index >= 15 is 0 Å². The zero-order valence-electron chi connectivity index (χ0n) is 16.0. The van der Waals surface area contributed by atoms with Crippen molar-refractivity contribution in [2.24, 2.45) is 4.99 Å². The average Bonchev–Trinajstić information content (AvgIpc) is 3.12. The van der Waals surface area contributed by atoms with Gasteiger partial charge in [0.25, 0.3) is 0 Å². The van der Waals surface area contributed by atoms with Crippen LogP contribution in [-0.2, 0) is 13.1 Å². The van der Waals surface area contributed by atoms with E-state index in [-0.39, 0.29) is 36.0 Å². The van der Waals surface area contributed by atoms with Crippen LogP contribution in [-0.4, -0.2) is 36.2 Å². The van der Waals surface area contributed by atoms with E-state index in [0.717, 1.165) is 30.3 Å². The van der Waals surface area contributed by atoms with E-state index in [1.54, 1.807) is 7.05 Å². The number of hydrogen-bond donors (Lipinski definition) is 4. The molecule has 0 unspecified atom stereocenters. The molecule has 0 saturated heterocycles. The molecule has 2 amide bonds. The van der Waals surface area contributed by atoms with Gasteiger partial charge in [-0.2, -0.15) is 0 Å². The van der Waals surface area contributed by atoms with Gasteiger partial charge < -0.3 is 25.8 Å². The number of aliphatic imine (C=N–C) groups is 1. The number of carbonyl (C=O) groups excluding carboxylic acids is 1. The molecule has 0 spiro atoms. The molecule has 4 N–H and O–H groups in total. The van der Waals surface area contributed by atoms with Crippen LogP contribution in [0.5, 0.6) is 0 Å². The Kier molecular flexibility index (Phi) is 10.3. The van der Waals surface area contributed by atoms with Crippen LogP contribution in [0.4, 0.5) is 10.5 Å². The zero-order valence-corrected chi connectivity index (χ0v) is 18.4. The summed E-state index contributed by atoms with van der Waals surface area (Å²) in [6.07, 6.45) is 4.07. The van der Waals surface area contributed by atoms with E-state index in [4.69, 9.17) is 0 Å². The maximum Gasteiger partial charge on any atom is 0.319 e. The molecule has 0 radical (unpaired) electrons. The number of anilines is 1. The van der Waals surface area contributed by atoms with Crippen molar-refractivity contribution in [1.29, 1.82) is 0 Å². The van der Waals surface area contributed by atoms with Crippen LogP contribution in [0.15, 0.2) is 53.8 Å². The minimum Gasteiger partial charge on any atom is -0.355 e. The molecular formula is C19H29IN6O. The summed E-state index contributed by atoms with van der Waals surface area (Å²) in [7, 11) is 1.76. The molecule has 0 atom stereocenters. The number of aromatic nitrogens is 1. The monoisotopic (exact) mass is 484 g/mol. The van der Waals surface area contributed by atoms with Crippen LogP contribution in [0.2, 0.25) is 0 Å². The summed E-state index contributed by atoms with van der Waals surface area (Å²) in [5.74, 6) is 0.760. The predicted octanol–water partition coefficient (Wildman–Crippen LogP) is 3.00. The molecule has 8 heteroatoms. The van der Waals surface area contributed by atoms with Gasteiger partial charge in [-0.25, -0.2) is 4.79 Å². The highest BCUT2D eigenvalue weighted by Crippen LogP contribution is 2.09. The molecule has 0 aliphatic heterocycles. The second kappa shape index (κ2) is 12.2. The number of rotatable bonds is 7. The lowest BCUT2D eigenvalue weighted by Gasteiger charge is -2.13. The maximum absolute atomic E-state index is 11.7. The molecule has 0 aliphatic rings. The first-order valence-corrected chi connectivity index (χ1v) is 8.78. The van der Waals surface area contributed by atoms with E-state index in [1.807, 2.05) is 62.6 Å². The molecule has 7 nitrogen and oxygen atoms in total. The molecule has 0 bridgehead atoms. The molecule has 1 aromatic carbocycles. The molecule has 1 aromatic heterocycles. The Morgan fingerprint density at radius 3 is 2.37 bits per heavy atom. The zero-order chi connectivity index (χ0) is 18.8. The summed E-state index contributed by atoms with van der Waals surface area (Å²) < 4.78 is 2.11. The Hall–Kier alpha value is -2.23. The third-order valence-electron chi connectivity index (χ3n) is 3.64. The van der Waals surface area contributed by atoms with Gasteiger partial charge >= 0.3 is 6.03 Å². The van der Waals surface area contributed by atoms with Crippen LogP contribution >= 0.6 is 24.0 Å². The molecule has 0 aliphatic carbocycles. The minimum atomic E-state index is -0.196. The van der Waals surface area contributed by atoms with E-state index in [1.165, 1.54) is 0 Å². The number of guanidine groups is 1. The number of benzene rings is 1. The Balaban J connectivity index is 0.00000364. The van der Waals surface area contributed by atoms with Gasteiger partial charge in [0.2, 0.25) is 0 Å². The quantitative estimate of drug-likeness (QED) is 0.277. The number of halogens is 1. The highest BCUT2D eigenvalue weighted by atomic mass is 127. The lowest BCUT2D eigenvalue weighted by molar-refractivity contribution is 0.250. The van der Waals surface area contributed by atoms with Crippen LogP contribution in [0.3, 0.4) is 0 Å². The highest BCUT2D eigenvalue weighted by Gasteiger charge is 2.03. The molecule has 0 fully saturated rings. The Morgan fingerprint density at radius 2 is 1.78 bits per heavy atom. The van der Waals surface area contributed by atoms with Crippen LogP contribution in [0, 0.1) is 0 Å². The second-order valence-electron chi connectivity index (χ2n) is 6.22. The van der Waals surface area contributed by atoms with Crippen LogP contribution in [0.25, 0.3) is 0 Å². The number of carbonyl (C=O) groups is 1. The molecule has 1 heterocycles. The van der Waals surface area contributed by atoms with Crippen molar-refractivity contribution >= 4 is 41.7 Å². The predicted molar refractivity (Wildman–Crippen MR) is 122 cm³/mol. The Morgan fingerprint density at radius 1 is 1.11 bits per heavy atom. The second-order valence-corrected chi connectivity index (χ2v) is 6.22. The van der Waals surface area contributed by atoms with E-state index in [9.17, 15) is 4.79 Å². The summed E-state index contributed by atoms with van der Waals surface area (Å²) in [4.78, 5) is 15.9. The van der Waals surface area contributed by atoms with Crippen molar-refractivity contribution in [1.82, 2.24) is 20.5 Å². The molecule has 0 saturated carbocycles. The number of nitrogens with zero attached hydrogens (tertiary/aromatic N) is 2. The fourth-order valence-corrected chi connectivity index (χ4v) is 2.36. The molecule has 2 rings (SSSR count).